The highest BCUT2D eigenvalue weighted by Crippen LogP contribution is 2.34. The minimum absolute atomic E-state index is 0.300. The van der Waals surface area contributed by atoms with Gasteiger partial charge in [0.25, 0.3) is 0 Å². The average molecular weight is 257 g/mol. The first kappa shape index (κ1) is 13.3. The maximum atomic E-state index is 10.2. The molecule has 3 N–H and O–H groups in total. The average Bonchev–Trinajstić information content (AvgIpc) is 2.34. The highest BCUT2D eigenvalue weighted by atomic mass is 16.3. The molecule has 1 aromatic carbocycles. The molecule has 0 bridgehead atoms. The smallest absolute Gasteiger partial charge is 0.128 e. The van der Waals surface area contributed by atoms with Gasteiger partial charge in [-0.1, -0.05) is 0 Å². The third-order valence-electron chi connectivity index (χ3n) is 3.20. The quantitative estimate of drug-likeness (QED) is 0.581. The van der Waals surface area contributed by atoms with Crippen LogP contribution in [0.3, 0.4) is 0 Å². The number of phenolic OH excluding ortho intramolecular Hbond substituents is 1. The molecule has 0 saturated carbocycles. The van der Waals surface area contributed by atoms with E-state index >= 15 is 0 Å². The van der Waals surface area contributed by atoms with Gasteiger partial charge >= 0.3 is 0 Å². The molecule has 0 spiro atoms. The van der Waals surface area contributed by atoms with Crippen molar-refractivity contribution in [2.75, 3.05) is 11.9 Å². The van der Waals surface area contributed by atoms with Gasteiger partial charge in [-0.05, 0) is 44.0 Å². The monoisotopic (exact) mass is 257 g/mol. The van der Waals surface area contributed by atoms with E-state index in [4.69, 9.17) is 5.41 Å². The van der Waals surface area contributed by atoms with Crippen LogP contribution in [-0.4, -0.2) is 22.3 Å². The predicted molar refractivity (Wildman–Crippen MR) is 79.4 cm³/mol. The maximum Gasteiger partial charge on any atom is 0.128 e. The topological polar surface area (TPSA) is 69.0 Å². The zero-order chi connectivity index (χ0) is 14.0. The van der Waals surface area contributed by atoms with E-state index in [0.29, 0.717) is 24.4 Å². The van der Waals surface area contributed by atoms with Gasteiger partial charge in [0.05, 0.1) is 11.2 Å². The number of hydrogen-bond donors (Lipinski definition) is 3. The van der Waals surface area contributed by atoms with Crippen LogP contribution in [0.5, 0.6) is 5.75 Å². The van der Waals surface area contributed by atoms with E-state index in [9.17, 15) is 5.11 Å². The fourth-order valence-electron chi connectivity index (χ4n) is 2.13. The summed E-state index contributed by atoms with van der Waals surface area (Å²) in [6, 6.07) is 3.80. The van der Waals surface area contributed by atoms with Crippen molar-refractivity contribution in [1.29, 1.82) is 5.41 Å². The Bertz CT molecular complexity index is 635. The van der Waals surface area contributed by atoms with Crippen LogP contribution < -0.4 is 5.32 Å². The van der Waals surface area contributed by atoms with E-state index in [0.717, 1.165) is 27.7 Å². The molecular formula is C15H19N3O. The maximum absolute atomic E-state index is 10.2. The lowest BCUT2D eigenvalue weighted by molar-refractivity contribution is 0.477. The minimum atomic E-state index is 0.300. The Morgan fingerprint density at radius 1 is 1.37 bits per heavy atom. The molecule has 19 heavy (non-hydrogen) atoms. The first-order chi connectivity index (χ1) is 9.00. The van der Waals surface area contributed by atoms with Crippen molar-refractivity contribution in [3.05, 3.63) is 29.5 Å². The number of aromatic hydroxyl groups is 1. The Hall–Kier alpha value is -2.10. The molecule has 0 atom stereocenters. The zero-order valence-electron chi connectivity index (χ0n) is 11.5. The summed E-state index contributed by atoms with van der Waals surface area (Å²) in [5.74, 6) is 0.300. The van der Waals surface area contributed by atoms with Gasteiger partial charge in [0.15, 0.2) is 0 Å². The van der Waals surface area contributed by atoms with E-state index in [-0.39, 0.29) is 0 Å². The second-order valence-corrected chi connectivity index (χ2v) is 4.90. The number of nitrogens with zero attached hydrogens (tertiary/aromatic N) is 1. The second kappa shape index (κ2) is 5.26. The van der Waals surface area contributed by atoms with Crippen molar-refractivity contribution >= 4 is 22.3 Å². The third-order valence-corrected chi connectivity index (χ3v) is 3.20. The van der Waals surface area contributed by atoms with Crippen molar-refractivity contribution in [2.45, 2.75) is 27.2 Å². The normalized spacial score (nSPS) is 10.7. The number of rotatable bonds is 4. The predicted octanol–water partition coefficient (Wildman–Crippen LogP) is 3.40. The molecule has 1 aromatic heterocycles. The lowest BCUT2D eigenvalue weighted by Crippen LogP contribution is -2.06. The van der Waals surface area contributed by atoms with Crippen LogP contribution in [-0.2, 0) is 0 Å². The van der Waals surface area contributed by atoms with Gasteiger partial charge in [-0.25, -0.2) is 0 Å². The van der Waals surface area contributed by atoms with Crippen LogP contribution >= 0.6 is 0 Å². The Balaban J connectivity index is 2.47. The Labute approximate surface area is 113 Å². The highest BCUT2D eigenvalue weighted by Gasteiger charge is 2.11. The lowest BCUT2D eigenvalue weighted by Gasteiger charge is -2.13. The molecule has 0 aliphatic rings. The fraction of sp³-hybridized carbons (Fsp3) is 0.333. The summed E-state index contributed by atoms with van der Waals surface area (Å²) in [7, 11) is 0. The van der Waals surface area contributed by atoms with Gasteiger partial charge in [0.1, 0.15) is 5.75 Å². The Kier molecular flexibility index (Phi) is 3.69. The molecule has 0 aliphatic heterocycles. The van der Waals surface area contributed by atoms with Crippen molar-refractivity contribution in [3.63, 3.8) is 0 Å². The van der Waals surface area contributed by atoms with Crippen LogP contribution in [0.25, 0.3) is 10.9 Å². The largest absolute Gasteiger partial charge is 0.507 e. The molecule has 0 radical (unpaired) electrons. The lowest BCUT2D eigenvalue weighted by atomic mass is 10.0. The number of nitrogens with one attached hydrogen (secondary N) is 2. The number of hydrogen-bond acceptors (Lipinski definition) is 4. The van der Waals surface area contributed by atoms with Gasteiger partial charge in [-0.15, -0.1) is 0 Å². The van der Waals surface area contributed by atoms with Gasteiger partial charge in [0.2, 0.25) is 0 Å². The van der Waals surface area contributed by atoms with E-state index in [1.54, 1.807) is 13.1 Å². The van der Waals surface area contributed by atoms with Crippen LogP contribution in [0.4, 0.5) is 5.69 Å². The molecule has 0 aliphatic carbocycles. The van der Waals surface area contributed by atoms with E-state index in [1.807, 2.05) is 26.0 Å². The van der Waals surface area contributed by atoms with E-state index in [2.05, 4.69) is 10.3 Å². The van der Waals surface area contributed by atoms with Crippen molar-refractivity contribution in [1.82, 2.24) is 4.98 Å². The molecule has 4 nitrogen and oxygen atoms in total. The molecule has 0 fully saturated rings. The summed E-state index contributed by atoms with van der Waals surface area (Å²) >= 11 is 0. The standard InChI is InChI=1S/C15H19N3O/c1-9-4-6-18-14-12(17-7-5-11(3)16)8-10(2)15(19)13(9)14/h4,6,8,16-17,19H,5,7H2,1-3H3. The van der Waals surface area contributed by atoms with Crippen LogP contribution in [0.2, 0.25) is 0 Å². The summed E-state index contributed by atoms with van der Waals surface area (Å²) < 4.78 is 0. The van der Waals surface area contributed by atoms with Crippen molar-refractivity contribution in [2.24, 2.45) is 0 Å². The number of pyridine rings is 1. The first-order valence-corrected chi connectivity index (χ1v) is 6.36. The van der Waals surface area contributed by atoms with Crippen LogP contribution in [0.1, 0.15) is 24.5 Å². The Morgan fingerprint density at radius 2 is 2.11 bits per heavy atom. The first-order valence-electron chi connectivity index (χ1n) is 6.36. The molecule has 100 valence electrons. The molecule has 2 aromatic rings. The van der Waals surface area contributed by atoms with Crippen molar-refractivity contribution in [3.8, 4) is 5.75 Å². The number of fused-ring (bicyclic) bond motifs is 1. The number of anilines is 1. The number of benzene rings is 1. The molecule has 4 heteroatoms. The third kappa shape index (κ3) is 2.67. The summed E-state index contributed by atoms with van der Waals surface area (Å²) in [6.07, 6.45) is 2.45. The molecular weight excluding hydrogens is 238 g/mol. The number of aromatic nitrogens is 1. The molecule has 0 unspecified atom stereocenters. The zero-order valence-corrected chi connectivity index (χ0v) is 11.5. The molecule has 2 rings (SSSR count). The number of phenols is 1. The molecule has 0 amide bonds. The number of aryl methyl sites for hydroxylation is 2. The van der Waals surface area contributed by atoms with Gasteiger partial charge in [0, 0.05) is 30.3 Å². The SMILES string of the molecule is CC(=N)CCNc1cc(C)c(O)c2c(C)ccnc12. The van der Waals surface area contributed by atoms with Gasteiger partial charge in [-0.2, -0.15) is 0 Å². The summed E-state index contributed by atoms with van der Waals surface area (Å²) in [6.45, 7) is 6.34. The van der Waals surface area contributed by atoms with Crippen LogP contribution in [0, 0.1) is 19.3 Å². The van der Waals surface area contributed by atoms with Crippen molar-refractivity contribution < 1.29 is 5.11 Å². The van der Waals surface area contributed by atoms with Gasteiger partial charge < -0.3 is 15.8 Å². The van der Waals surface area contributed by atoms with Crippen LogP contribution in [0.15, 0.2) is 18.3 Å². The van der Waals surface area contributed by atoms with Gasteiger partial charge in [-0.3, -0.25) is 4.98 Å². The Morgan fingerprint density at radius 3 is 2.79 bits per heavy atom. The van der Waals surface area contributed by atoms with E-state index in [1.165, 1.54) is 0 Å². The summed E-state index contributed by atoms with van der Waals surface area (Å²) in [5.41, 5.74) is 4.19. The molecule has 0 saturated heterocycles. The van der Waals surface area contributed by atoms with E-state index < -0.39 is 0 Å². The second-order valence-electron chi connectivity index (χ2n) is 4.90. The fourth-order valence-corrected chi connectivity index (χ4v) is 2.13. The highest BCUT2D eigenvalue weighted by molar-refractivity contribution is 5.97. The minimum Gasteiger partial charge on any atom is -0.507 e. The molecule has 1 heterocycles. The summed E-state index contributed by atoms with van der Waals surface area (Å²) in [5, 5.41) is 21.7. The summed E-state index contributed by atoms with van der Waals surface area (Å²) in [4.78, 5) is 4.37.